The van der Waals surface area contributed by atoms with Crippen LogP contribution in [0.5, 0.6) is 11.5 Å². The first-order chi connectivity index (χ1) is 14.6. The SMILES string of the molecule is COC(=O)c1cccc(-n2nnnc2SCC(=O)Nc2ccc3c(c2)OCCO3)c1. The van der Waals surface area contributed by atoms with Gasteiger partial charge in [-0.1, -0.05) is 17.8 Å². The zero-order valence-corrected chi connectivity index (χ0v) is 16.7. The molecule has 0 spiro atoms. The second kappa shape index (κ2) is 8.82. The summed E-state index contributed by atoms with van der Waals surface area (Å²) in [4.78, 5) is 24.1. The fraction of sp³-hybridized carbons (Fsp3) is 0.211. The standard InChI is InChI=1S/C19H17N5O5S/c1-27-18(26)12-3-2-4-14(9-12)24-19(21-22-23-24)30-11-17(25)20-13-5-6-15-16(10-13)29-8-7-28-15/h2-6,9-10H,7-8,11H2,1H3,(H,20,25). The van der Waals surface area contributed by atoms with Gasteiger partial charge in [-0.2, -0.15) is 4.68 Å². The molecule has 1 N–H and O–H groups in total. The van der Waals surface area contributed by atoms with Gasteiger partial charge in [0.2, 0.25) is 11.1 Å². The maximum atomic E-state index is 12.4. The summed E-state index contributed by atoms with van der Waals surface area (Å²) in [6.07, 6.45) is 0. The van der Waals surface area contributed by atoms with Crippen molar-refractivity contribution in [3.8, 4) is 17.2 Å². The molecule has 0 bridgehead atoms. The van der Waals surface area contributed by atoms with Gasteiger partial charge in [0, 0.05) is 11.8 Å². The van der Waals surface area contributed by atoms with E-state index in [0.29, 0.717) is 46.8 Å². The molecule has 0 unspecified atom stereocenters. The summed E-state index contributed by atoms with van der Waals surface area (Å²) in [5.41, 5.74) is 1.56. The minimum Gasteiger partial charge on any atom is -0.486 e. The summed E-state index contributed by atoms with van der Waals surface area (Å²) in [7, 11) is 1.31. The maximum absolute atomic E-state index is 12.4. The zero-order valence-electron chi connectivity index (χ0n) is 15.9. The van der Waals surface area contributed by atoms with Crippen LogP contribution in [0.3, 0.4) is 0 Å². The highest BCUT2D eigenvalue weighted by molar-refractivity contribution is 7.99. The number of carbonyl (C=O) groups excluding carboxylic acids is 2. The van der Waals surface area contributed by atoms with Gasteiger partial charge in [0.05, 0.1) is 24.1 Å². The summed E-state index contributed by atoms with van der Waals surface area (Å²) in [6, 6.07) is 11.9. The largest absolute Gasteiger partial charge is 0.486 e. The fourth-order valence-electron chi connectivity index (χ4n) is 2.76. The van der Waals surface area contributed by atoms with Gasteiger partial charge in [0.25, 0.3) is 0 Å². The number of aromatic nitrogens is 4. The van der Waals surface area contributed by atoms with E-state index in [1.165, 1.54) is 23.6 Å². The van der Waals surface area contributed by atoms with Gasteiger partial charge >= 0.3 is 5.97 Å². The molecule has 1 amide bonds. The highest BCUT2D eigenvalue weighted by Gasteiger charge is 2.15. The average Bonchev–Trinajstić information content (AvgIpc) is 3.26. The van der Waals surface area contributed by atoms with Crippen LogP contribution in [-0.4, -0.2) is 58.2 Å². The molecular weight excluding hydrogens is 410 g/mol. The Morgan fingerprint density at radius 3 is 2.83 bits per heavy atom. The number of nitrogens with one attached hydrogen (secondary N) is 1. The van der Waals surface area contributed by atoms with Crippen molar-refractivity contribution in [2.45, 2.75) is 5.16 Å². The van der Waals surface area contributed by atoms with Crippen molar-refractivity contribution in [3.05, 3.63) is 48.0 Å². The van der Waals surface area contributed by atoms with Gasteiger partial charge in [-0.15, -0.1) is 5.10 Å². The Bertz CT molecular complexity index is 1090. The number of nitrogens with zero attached hydrogens (tertiary/aromatic N) is 4. The molecule has 10 nitrogen and oxygen atoms in total. The van der Waals surface area contributed by atoms with Crippen LogP contribution >= 0.6 is 11.8 Å². The van der Waals surface area contributed by atoms with E-state index in [-0.39, 0.29) is 11.7 Å². The molecule has 0 atom stereocenters. The molecule has 0 radical (unpaired) electrons. The molecule has 0 fully saturated rings. The van der Waals surface area contributed by atoms with Crippen LogP contribution in [0.1, 0.15) is 10.4 Å². The zero-order chi connectivity index (χ0) is 20.9. The number of anilines is 1. The van der Waals surface area contributed by atoms with Gasteiger partial charge in [0.1, 0.15) is 13.2 Å². The number of hydrogen-bond acceptors (Lipinski definition) is 9. The lowest BCUT2D eigenvalue weighted by molar-refractivity contribution is -0.113. The van der Waals surface area contributed by atoms with Gasteiger partial charge in [-0.3, -0.25) is 4.79 Å². The number of ether oxygens (including phenoxy) is 3. The predicted molar refractivity (Wildman–Crippen MR) is 107 cm³/mol. The molecular formula is C19H17N5O5S. The minimum atomic E-state index is -0.460. The second-order valence-corrected chi connectivity index (χ2v) is 7.05. The van der Waals surface area contributed by atoms with Crippen LogP contribution in [0.2, 0.25) is 0 Å². The van der Waals surface area contributed by atoms with E-state index in [0.717, 1.165) is 0 Å². The van der Waals surface area contributed by atoms with Gasteiger partial charge in [-0.25, -0.2) is 4.79 Å². The molecule has 0 saturated heterocycles. The fourth-order valence-corrected chi connectivity index (χ4v) is 3.45. The third kappa shape index (κ3) is 4.35. The molecule has 30 heavy (non-hydrogen) atoms. The maximum Gasteiger partial charge on any atom is 0.337 e. The summed E-state index contributed by atoms with van der Waals surface area (Å²) < 4.78 is 17.2. The second-order valence-electron chi connectivity index (χ2n) is 6.11. The quantitative estimate of drug-likeness (QED) is 0.465. The number of esters is 1. The monoisotopic (exact) mass is 427 g/mol. The van der Waals surface area contributed by atoms with E-state index in [2.05, 4.69) is 20.8 Å². The molecule has 4 rings (SSSR count). The van der Waals surface area contributed by atoms with Crippen molar-refractivity contribution in [2.24, 2.45) is 0 Å². The number of methoxy groups -OCH3 is 1. The summed E-state index contributed by atoms with van der Waals surface area (Å²) in [5.74, 6) is 0.654. The van der Waals surface area contributed by atoms with Crippen molar-refractivity contribution < 1.29 is 23.8 Å². The first-order valence-corrected chi connectivity index (χ1v) is 9.92. The molecule has 2 aromatic carbocycles. The van der Waals surface area contributed by atoms with Crippen molar-refractivity contribution >= 4 is 29.3 Å². The Labute approximate surface area is 175 Å². The molecule has 0 aliphatic carbocycles. The van der Waals surface area contributed by atoms with E-state index in [1.54, 1.807) is 42.5 Å². The normalized spacial score (nSPS) is 12.3. The lowest BCUT2D eigenvalue weighted by Gasteiger charge is -2.18. The third-order valence-corrected chi connectivity index (χ3v) is 5.03. The summed E-state index contributed by atoms with van der Waals surface area (Å²) in [6.45, 7) is 0.979. The molecule has 1 aromatic heterocycles. The number of tetrazole rings is 1. The van der Waals surface area contributed by atoms with E-state index in [1.807, 2.05) is 0 Å². The topological polar surface area (TPSA) is 117 Å². The van der Waals surface area contributed by atoms with Crippen molar-refractivity contribution in [1.82, 2.24) is 20.2 Å². The van der Waals surface area contributed by atoms with E-state index >= 15 is 0 Å². The summed E-state index contributed by atoms with van der Waals surface area (Å²) in [5, 5.41) is 14.8. The smallest absolute Gasteiger partial charge is 0.337 e. The van der Waals surface area contributed by atoms with Crippen molar-refractivity contribution in [2.75, 3.05) is 31.4 Å². The highest BCUT2D eigenvalue weighted by atomic mass is 32.2. The predicted octanol–water partition coefficient (Wildman–Crippen LogP) is 1.95. The number of fused-ring (bicyclic) bond motifs is 1. The minimum absolute atomic E-state index is 0.0888. The van der Waals surface area contributed by atoms with Crippen LogP contribution in [0.25, 0.3) is 5.69 Å². The number of benzene rings is 2. The lowest BCUT2D eigenvalue weighted by Crippen LogP contribution is -2.17. The Morgan fingerprint density at radius 1 is 1.17 bits per heavy atom. The van der Waals surface area contributed by atoms with E-state index < -0.39 is 5.97 Å². The third-order valence-electron chi connectivity index (χ3n) is 4.11. The number of thioether (sulfide) groups is 1. The Kier molecular flexibility index (Phi) is 5.80. The summed E-state index contributed by atoms with van der Waals surface area (Å²) >= 11 is 1.17. The number of carbonyl (C=O) groups is 2. The number of amides is 1. The Morgan fingerprint density at radius 2 is 2.00 bits per heavy atom. The van der Waals surface area contributed by atoms with Crippen LogP contribution in [-0.2, 0) is 9.53 Å². The molecule has 2 heterocycles. The molecule has 154 valence electrons. The average molecular weight is 427 g/mol. The van der Waals surface area contributed by atoms with E-state index in [4.69, 9.17) is 14.2 Å². The molecule has 11 heteroatoms. The Balaban J connectivity index is 1.41. The van der Waals surface area contributed by atoms with Crippen molar-refractivity contribution in [3.63, 3.8) is 0 Å². The molecule has 1 aliphatic rings. The molecule has 0 saturated carbocycles. The lowest BCUT2D eigenvalue weighted by atomic mass is 10.2. The van der Waals surface area contributed by atoms with Crippen LogP contribution in [0.15, 0.2) is 47.6 Å². The van der Waals surface area contributed by atoms with E-state index in [9.17, 15) is 9.59 Å². The van der Waals surface area contributed by atoms with Crippen molar-refractivity contribution in [1.29, 1.82) is 0 Å². The van der Waals surface area contributed by atoms with Crippen LogP contribution < -0.4 is 14.8 Å². The van der Waals surface area contributed by atoms with Gasteiger partial charge in [-0.05, 0) is 40.8 Å². The Hall–Kier alpha value is -3.60. The molecule has 3 aromatic rings. The van der Waals surface area contributed by atoms with Gasteiger partial charge < -0.3 is 19.5 Å². The number of rotatable bonds is 6. The van der Waals surface area contributed by atoms with Crippen LogP contribution in [0.4, 0.5) is 5.69 Å². The first-order valence-electron chi connectivity index (χ1n) is 8.93. The van der Waals surface area contributed by atoms with Gasteiger partial charge in [0.15, 0.2) is 11.5 Å². The van der Waals surface area contributed by atoms with Crippen LogP contribution in [0, 0.1) is 0 Å². The highest BCUT2D eigenvalue weighted by Crippen LogP contribution is 2.32. The molecule has 1 aliphatic heterocycles. The first kappa shape index (κ1) is 19.7. The number of hydrogen-bond donors (Lipinski definition) is 1.